The van der Waals surface area contributed by atoms with Crippen molar-refractivity contribution in [2.24, 2.45) is 0 Å². The summed E-state index contributed by atoms with van der Waals surface area (Å²) in [5.74, 6) is 0. The summed E-state index contributed by atoms with van der Waals surface area (Å²) in [5, 5.41) is 3.89. The van der Waals surface area contributed by atoms with Crippen LogP contribution in [0.25, 0.3) is 11.0 Å². The highest BCUT2D eigenvalue weighted by atomic mass is 35.5. The molecule has 1 aromatic carbocycles. The smallest absolute Gasteiger partial charge is 0.323 e. The molecule has 0 aliphatic rings. The molecule has 21 heavy (non-hydrogen) atoms. The number of hydrogen-bond acceptors (Lipinski definition) is 3. The van der Waals surface area contributed by atoms with Crippen molar-refractivity contribution in [3.63, 3.8) is 0 Å². The summed E-state index contributed by atoms with van der Waals surface area (Å²) >= 11 is 5.93. The number of anilines is 1. The highest BCUT2D eigenvalue weighted by Crippen LogP contribution is 2.23. The number of nitrogens with zero attached hydrogens (tertiary/aromatic N) is 1. The summed E-state index contributed by atoms with van der Waals surface area (Å²) in [7, 11) is 0. The highest BCUT2D eigenvalue weighted by Gasteiger charge is 2.08. The number of nitrogens with one attached hydrogen (secondary N) is 3. The molecule has 6 heteroatoms. The van der Waals surface area contributed by atoms with E-state index < -0.39 is 0 Å². The van der Waals surface area contributed by atoms with Crippen LogP contribution >= 0.6 is 11.6 Å². The maximum atomic E-state index is 11.3. The summed E-state index contributed by atoms with van der Waals surface area (Å²) in [6.45, 7) is 3.97. The Morgan fingerprint density at radius 1 is 1.24 bits per heavy atom. The number of rotatable bonds is 3. The minimum Gasteiger partial charge on any atom is -0.377 e. The fraction of sp³-hybridized carbons (Fsp3) is 0.200. The normalized spacial score (nSPS) is 12.5. The van der Waals surface area contributed by atoms with E-state index in [4.69, 9.17) is 11.6 Å². The molecular formula is C15H15ClN4O. The second-order valence-electron chi connectivity index (χ2n) is 5.08. The lowest BCUT2D eigenvalue weighted by molar-refractivity contribution is 0.884. The number of aryl methyl sites for hydroxylation is 1. The Morgan fingerprint density at radius 3 is 2.76 bits per heavy atom. The number of aromatic amines is 2. The van der Waals surface area contributed by atoms with Gasteiger partial charge in [-0.3, -0.25) is 0 Å². The predicted octanol–water partition coefficient (Wildman–Crippen LogP) is 3.39. The molecule has 0 fully saturated rings. The van der Waals surface area contributed by atoms with E-state index in [2.05, 4.69) is 27.2 Å². The number of aromatic nitrogens is 3. The van der Waals surface area contributed by atoms with Gasteiger partial charge in [0.2, 0.25) is 0 Å². The fourth-order valence-electron chi connectivity index (χ4n) is 2.29. The lowest BCUT2D eigenvalue weighted by Crippen LogP contribution is -2.07. The van der Waals surface area contributed by atoms with E-state index in [1.165, 1.54) is 0 Å². The minimum atomic E-state index is -0.194. The quantitative estimate of drug-likeness (QED) is 0.649. The van der Waals surface area contributed by atoms with Crippen LogP contribution in [0.2, 0.25) is 5.15 Å². The Hall–Kier alpha value is -2.27. The number of benzene rings is 1. The van der Waals surface area contributed by atoms with Gasteiger partial charge in [0.1, 0.15) is 5.15 Å². The second kappa shape index (κ2) is 5.26. The molecule has 3 N–H and O–H groups in total. The first-order valence-corrected chi connectivity index (χ1v) is 7.01. The Kier molecular flexibility index (Phi) is 3.43. The molecule has 0 bridgehead atoms. The van der Waals surface area contributed by atoms with Crippen LogP contribution in [0.5, 0.6) is 0 Å². The van der Waals surface area contributed by atoms with Gasteiger partial charge in [-0.05, 0) is 43.2 Å². The van der Waals surface area contributed by atoms with Gasteiger partial charge in [0, 0.05) is 6.04 Å². The molecule has 0 saturated heterocycles. The van der Waals surface area contributed by atoms with E-state index in [0.717, 1.165) is 27.8 Å². The summed E-state index contributed by atoms with van der Waals surface area (Å²) in [5.41, 5.74) is 4.33. The highest BCUT2D eigenvalue weighted by molar-refractivity contribution is 6.30. The molecule has 5 nitrogen and oxygen atoms in total. The van der Waals surface area contributed by atoms with Crippen molar-refractivity contribution >= 4 is 28.3 Å². The van der Waals surface area contributed by atoms with Gasteiger partial charge in [0.15, 0.2) is 0 Å². The zero-order chi connectivity index (χ0) is 15.0. The van der Waals surface area contributed by atoms with Crippen LogP contribution in [-0.4, -0.2) is 15.0 Å². The SMILES string of the molecule is Cc1cc(NC(C)c2ccc3[nH]c(=O)[nH]c3c2)cnc1Cl. The zero-order valence-corrected chi connectivity index (χ0v) is 12.5. The standard InChI is InChI=1S/C15H15ClN4O/c1-8-5-11(7-17-14(8)16)18-9(2)10-3-4-12-13(6-10)20-15(21)19-12/h3-7,9,18H,1-2H3,(H2,19,20,21). The van der Waals surface area contributed by atoms with Gasteiger partial charge in [0.05, 0.1) is 22.9 Å². The van der Waals surface area contributed by atoms with Crippen LogP contribution in [0.15, 0.2) is 35.3 Å². The van der Waals surface area contributed by atoms with Crippen molar-refractivity contribution in [2.75, 3.05) is 5.32 Å². The van der Waals surface area contributed by atoms with Crippen LogP contribution in [0.4, 0.5) is 5.69 Å². The van der Waals surface area contributed by atoms with Gasteiger partial charge in [-0.25, -0.2) is 9.78 Å². The molecule has 2 heterocycles. The molecule has 3 aromatic rings. The van der Waals surface area contributed by atoms with Crippen LogP contribution in [0.1, 0.15) is 24.1 Å². The maximum Gasteiger partial charge on any atom is 0.323 e. The van der Waals surface area contributed by atoms with Gasteiger partial charge < -0.3 is 15.3 Å². The van der Waals surface area contributed by atoms with Crippen LogP contribution in [0, 0.1) is 6.92 Å². The van der Waals surface area contributed by atoms with Crippen molar-refractivity contribution in [3.8, 4) is 0 Å². The number of pyridine rings is 1. The molecule has 0 aliphatic heterocycles. The number of fused-ring (bicyclic) bond motifs is 1. The average Bonchev–Trinajstić information content (AvgIpc) is 2.82. The number of halogens is 1. The Labute approximate surface area is 126 Å². The van der Waals surface area contributed by atoms with E-state index >= 15 is 0 Å². The van der Waals surface area contributed by atoms with Crippen molar-refractivity contribution in [2.45, 2.75) is 19.9 Å². The molecule has 1 atom stereocenters. The molecule has 1 unspecified atom stereocenters. The molecule has 108 valence electrons. The lowest BCUT2D eigenvalue weighted by atomic mass is 10.1. The van der Waals surface area contributed by atoms with Gasteiger partial charge in [0.25, 0.3) is 0 Å². The molecule has 0 aliphatic carbocycles. The summed E-state index contributed by atoms with van der Waals surface area (Å²) in [6, 6.07) is 7.88. The molecule has 3 rings (SSSR count). The molecule has 0 saturated carbocycles. The van der Waals surface area contributed by atoms with Crippen LogP contribution in [-0.2, 0) is 0 Å². The molecule has 0 radical (unpaired) electrons. The molecule has 2 aromatic heterocycles. The third kappa shape index (κ3) is 2.78. The third-order valence-corrected chi connectivity index (χ3v) is 3.83. The van der Waals surface area contributed by atoms with Gasteiger partial charge in [-0.15, -0.1) is 0 Å². The number of hydrogen-bond donors (Lipinski definition) is 3. The Bertz CT molecular complexity index is 852. The van der Waals surface area contributed by atoms with Gasteiger partial charge >= 0.3 is 5.69 Å². The Morgan fingerprint density at radius 2 is 2.00 bits per heavy atom. The summed E-state index contributed by atoms with van der Waals surface area (Å²) < 4.78 is 0. The largest absolute Gasteiger partial charge is 0.377 e. The molecule has 0 amide bonds. The third-order valence-electron chi connectivity index (χ3n) is 3.44. The molecule has 0 spiro atoms. The summed E-state index contributed by atoms with van der Waals surface area (Å²) in [4.78, 5) is 20.9. The number of imidazole rings is 1. The first kappa shape index (κ1) is 13.7. The predicted molar refractivity (Wildman–Crippen MR) is 84.9 cm³/mol. The van der Waals surface area contributed by atoms with E-state index in [1.807, 2.05) is 31.2 Å². The van der Waals surface area contributed by atoms with E-state index in [9.17, 15) is 4.79 Å². The average molecular weight is 303 g/mol. The van der Waals surface area contributed by atoms with E-state index in [-0.39, 0.29) is 11.7 Å². The lowest BCUT2D eigenvalue weighted by Gasteiger charge is -2.16. The number of H-pyrrole nitrogens is 2. The first-order valence-electron chi connectivity index (χ1n) is 6.63. The van der Waals surface area contributed by atoms with Gasteiger partial charge in [-0.1, -0.05) is 17.7 Å². The minimum absolute atomic E-state index is 0.0789. The monoisotopic (exact) mass is 302 g/mol. The first-order chi connectivity index (χ1) is 10.0. The van der Waals surface area contributed by atoms with E-state index in [0.29, 0.717) is 5.15 Å². The topological polar surface area (TPSA) is 73.6 Å². The van der Waals surface area contributed by atoms with E-state index in [1.54, 1.807) is 6.20 Å². The van der Waals surface area contributed by atoms with Crippen molar-refractivity contribution in [1.82, 2.24) is 15.0 Å². The van der Waals surface area contributed by atoms with Crippen molar-refractivity contribution in [3.05, 3.63) is 57.2 Å². The second-order valence-corrected chi connectivity index (χ2v) is 5.44. The Balaban J connectivity index is 1.87. The fourth-order valence-corrected chi connectivity index (χ4v) is 2.39. The zero-order valence-electron chi connectivity index (χ0n) is 11.7. The van der Waals surface area contributed by atoms with Crippen LogP contribution < -0.4 is 11.0 Å². The van der Waals surface area contributed by atoms with Gasteiger partial charge in [-0.2, -0.15) is 0 Å². The summed E-state index contributed by atoms with van der Waals surface area (Å²) in [6.07, 6.45) is 1.71. The molecular weight excluding hydrogens is 288 g/mol. The van der Waals surface area contributed by atoms with Crippen molar-refractivity contribution < 1.29 is 0 Å². The van der Waals surface area contributed by atoms with Crippen molar-refractivity contribution in [1.29, 1.82) is 0 Å². The van der Waals surface area contributed by atoms with Crippen LogP contribution in [0.3, 0.4) is 0 Å². The maximum absolute atomic E-state index is 11.3.